The number of para-hydroxylation sites is 1. The van der Waals surface area contributed by atoms with Gasteiger partial charge in [-0.15, -0.1) is 0 Å². The molecule has 1 heterocycles. The summed E-state index contributed by atoms with van der Waals surface area (Å²) in [5, 5.41) is 4.72. The Morgan fingerprint density at radius 3 is 1.77 bits per heavy atom. The summed E-state index contributed by atoms with van der Waals surface area (Å²) in [6.45, 7) is 0. The summed E-state index contributed by atoms with van der Waals surface area (Å²) in [7, 11) is 0. The lowest BCUT2D eigenvalue weighted by atomic mass is 10.0. The number of hydrogen-bond donors (Lipinski definition) is 0. The van der Waals surface area contributed by atoms with Crippen molar-refractivity contribution in [3.8, 4) is 33.7 Å². The van der Waals surface area contributed by atoms with E-state index in [4.69, 9.17) is 9.40 Å². The first-order valence-electron chi connectivity index (χ1n) is 16.2. The normalized spacial score (nSPS) is 11.3. The Labute approximate surface area is 279 Å². The first kappa shape index (κ1) is 27.8. The second-order valence-electron chi connectivity index (χ2n) is 12.0. The lowest BCUT2D eigenvalue weighted by Crippen LogP contribution is -2.09. The molecule has 0 unspecified atom stereocenters. The molecule has 0 aliphatic carbocycles. The van der Waals surface area contributed by atoms with E-state index in [9.17, 15) is 0 Å². The largest absolute Gasteiger partial charge is 0.435 e. The molecule has 9 rings (SSSR count). The Morgan fingerprint density at radius 1 is 0.396 bits per heavy atom. The summed E-state index contributed by atoms with van der Waals surface area (Å²) in [5.74, 6) is 0.632. The van der Waals surface area contributed by atoms with Gasteiger partial charge in [-0.2, -0.15) is 0 Å². The number of oxazole rings is 1. The van der Waals surface area contributed by atoms with E-state index in [2.05, 4.69) is 181 Å². The standard InChI is InChI=1S/C45H30N2O/c1-2-10-31(11-3-1)33-20-25-37(26-21-33)47(39-29-22-32-12-4-5-14-36(32)30-39)38-27-23-35(24-28-38)41-17-9-19-43-44(41)48-45(46-43)42-18-8-15-34-13-6-7-16-40(34)42/h1-30H. The highest BCUT2D eigenvalue weighted by Gasteiger charge is 2.17. The highest BCUT2D eigenvalue weighted by molar-refractivity contribution is 5.98. The van der Waals surface area contributed by atoms with Crippen LogP contribution in [0.2, 0.25) is 0 Å². The summed E-state index contributed by atoms with van der Waals surface area (Å²) in [4.78, 5) is 7.24. The molecule has 9 aromatic rings. The minimum atomic E-state index is 0.632. The molecule has 0 atom stereocenters. The molecule has 0 bridgehead atoms. The summed E-state index contributed by atoms with van der Waals surface area (Å²) >= 11 is 0. The van der Waals surface area contributed by atoms with Crippen LogP contribution in [0.3, 0.4) is 0 Å². The molecular weight excluding hydrogens is 585 g/mol. The molecule has 0 radical (unpaired) electrons. The number of fused-ring (bicyclic) bond motifs is 3. The van der Waals surface area contributed by atoms with Crippen LogP contribution in [0.15, 0.2) is 186 Å². The molecule has 0 saturated carbocycles. The highest BCUT2D eigenvalue weighted by Crippen LogP contribution is 2.39. The molecule has 0 aliphatic rings. The van der Waals surface area contributed by atoms with E-state index < -0.39 is 0 Å². The van der Waals surface area contributed by atoms with Gasteiger partial charge in [0.1, 0.15) is 5.52 Å². The van der Waals surface area contributed by atoms with Gasteiger partial charge in [-0.1, -0.05) is 133 Å². The number of hydrogen-bond acceptors (Lipinski definition) is 3. The Hall–Kier alpha value is -6.45. The number of nitrogens with zero attached hydrogens (tertiary/aromatic N) is 2. The van der Waals surface area contributed by atoms with Gasteiger partial charge in [0.2, 0.25) is 5.89 Å². The predicted molar refractivity (Wildman–Crippen MR) is 200 cm³/mol. The average Bonchev–Trinajstić information content (AvgIpc) is 3.60. The Kier molecular flexibility index (Phi) is 6.80. The van der Waals surface area contributed by atoms with Crippen molar-refractivity contribution in [1.29, 1.82) is 0 Å². The molecule has 0 amide bonds. The zero-order valence-corrected chi connectivity index (χ0v) is 26.1. The molecule has 0 aliphatic heterocycles. The van der Waals surface area contributed by atoms with Crippen LogP contribution >= 0.6 is 0 Å². The van der Waals surface area contributed by atoms with Crippen molar-refractivity contribution in [3.05, 3.63) is 182 Å². The zero-order chi connectivity index (χ0) is 31.9. The van der Waals surface area contributed by atoms with Gasteiger partial charge >= 0.3 is 0 Å². The summed E-state index contributed by atoms with van der Waals surface area (Å²) in [5.41, 5.74) is 10.4. The fourth-order valence-corrected chi connectivity index (χ4v) is 6.69. The smallest absolute Gasteiger partial charge is 0.227 e. The fourth-order valence-electron chi connectivity index (χ4n) is 6.69. The van der Waals surface area contributed by atoms with Gasteiger partial charge in [-0.3, -0.25) is 0 Å². The molecule has 0 saturated heterocycles. The number of rotatable bonds is 6. The molecule has 3 heteroatoms. The van der Waals surface area contributed by atoms with Crippen LogP contribution in [-0.2, 0) is 0 Å². The summed E-state index contributed by atoms with van der Waals surface area (Å²) < 4.78 is 6.53. The van der Waals surface area contributed by atoms with Crippen molar-refractivity contribution in [1.82, 2.24) is 4.98 Å². The maximum absolute atomic E-state index is 6.53. The van der Waals surface area contributed by atoms with Gasteiger partial charge in [0.15, 0.2) is 5.58 Å². The summed E-state index contributed by atoms with van der Waals surface area (Å²) in [6.07, 6.45) is 0. The van der Waals surface area contributed by atoms with Crippen molar-refractivity contribution in [2.75, 3.05) is 4.90 Å². The second-order valence-corrected chi connectivity index (χ2v) is 12.0. The van der Waals surface area contributed by atoms with E-state index in [1.807, 2.05) is 6.07 Å². The highest BCUT2D eigenvalue weighted by atomic mass is 16.3. The SMILES string of the molecule is c1ccc(-c2ccc(N(c3ccc(-c4cccc5nc(-c6cccc7ccccc67)oc45)cc3)c3ccc4ccccc4c3)cc2)cc1. The van der Waals surface area contributed by atoms with Gasteiger partial charge < -0.3 is 9.32 Å². The molecule has 8 aromatic carbocycles. The molecule has 0 fully saturated rings. The molecule has 48 heavy (non-hydrogen) atoms. The van der Waals surface area contributed by atoms with E-state index in [1.165, 1.54) is 27.3 Å². The minimum absolute atomic E-state index is 0.632. The van der Waals surface area contributed by atoms with Gasteiger partial charge in [0.05, 0.1) is 0 Å². The van der Waals surface area contributed by atoms with E-state index in [0.717, 1.165) is 50.2 Å². The Balaban J connectivity index is 1.12. The molecule has 226 valence electrons. The van der Waals surface area contributed by atoms with Crippen LogP contribution in [0.1, 0.15) is 0 Å². The monoisotopic (exact) mass is 614 g/mol. The molecule has 1 aromatic heterocycles. The fraction of sp³-hybridized carbons (Fsp3) is 0. The number of anilines is 3. The quantitative estimate of drug-likeness (QED) is 0.187. The average molecular weight is 615 g/mol. The molecule has 3 nitrogen and oxygen atoms in total. The van der Waals surface area contributed by atoms with Crippen molar-refractivity contribution in [2.45, 2.75) is 0 Å². The van der Waals surface area contributed by atoms with Crippen LogP contribution in [0.4, 0.5) is 17.1 Å². The number of benzene rings is 8. The topological polar surface area (TPSA) is 29.3 Å². The Morgan fingerprint density at radius 2 is 0.979 bits per heavy atom. The molecule has 0 spiro atoms. The first-order valence-corrected chi connectivity index (χ1v) is 16.2. The van der Waals surface area contributed by atoms with Crippen molar-refractivity contribution in [2.24, 2.45) is 0 Å². The van der Waals surface area contributed by atoms with Gasteiger partial charge in [0, 0.05) is 28.2 Å². The lowest BCUT2D eigenvalue weighted by molar-refractivity contribution is 0.621. The van der Waals surface area contributed by atoms with E-state index in [0.29, 0.717) is 5.89 Å². The first-order chi connectivity index (χ1) is 23.8. The molecular formula is C45H30N2O. The van der Waals surface area contributed by atoms with Crippen LogP contribution in [0.5, 0.6) is 0 Å². The summed E-state index contributed by atoms with van der Waals surface area (Å²) in [6, 6.07) is 64.0. The van der Waals surface area contributed by atoms with Crippen LogP contribution in [-0.4, -0.2) is 4.98 Å². The third kappa shape index (κ3) is 4.99. The lowest BCUT2D eigenvalue weighted by Gasteiger charge is -2.26. The minimum Gasteiger partial charge on any atom is -0.435 e. The van der Waals surface area contributed by atoms with Gasteiger partial charge in [-0.25, -0.2) is 4.98 Å². The van der Waals surface area contributed by atoms with E-state index >= 15 is 0 Å². The second kappa shape index (κ2) is 11.7. The maximum Gasteiger partial charge on any atom is 0.227 e. The van der Waals surface area contributed by atoms with Gasteiger partial charge in [-0.05, 0) is 86.8 Å². The maximum atomic E-state index is 6.53. The number of aromatic nitrogens is 1. The van der Waals surface area contributed by atoms with Crippen molar-refractivity contribution < 1.29 is 4.42 Å². The zero-order valence-electron chi connectivity index (χ0n) is 26.1. The van der Waals surface area contributed by atoms with Crippen LogP contribution in [0.25, 0.3) is 66.4 Å². The molecule has 0 N–H and O–H groups in total. The van der Waals surface area contributed by atoms with E-state index in [-0.39, 0.29) is 0 Å². The van der Waals surface area contributed by atoms with E-state index in [1.54, 1.807) is 0 Å². The third-order valence-electron chi connectivity index (χ3n) is 9.10. The van der Waals surface area contributed by atoms with Crippen LogP contribution in [0, 0.1) is 0 Å². The van der Waals surface area contributed by atoms with Crippen molar-refractivity contribution in [3.63, 3.8) is 0 Å². The van der Waals surface area contributed by atoms with Crippen molar-refractivity contribution >= 4 is 49.7 Å². The third-order valence-corrected chi connectivity index (χ3v) is 9.10. The predicted octanol–water partition coefficient (Wildman–Crippen LogP) is 12.6. The van der Waals surface area contributed by atoms with Crippen LogP contribution < -0.4 is 4.90 Å². The Bertz CT molecular complexity index is 2540. The van der Waals surface area contributed by atoms with Gasteiger partial charge in [0.25, 0.3) is 0 Å².